The second-order valence-corrected chi connectivity index (χ2v) is 7.88. The maximum Gasteiger partial charge on any atom is 0.272 e. The average Bonchev–Trinajstić information content (AvgIpc) is 2.71. The first kappa shape index (κ1) is 21.6. The summed E-state index contributed by atoms with van der Waals surface area (Å²) in [5.74, 6) is -0.361. The van der Waals surface area contributed by atoms with Gasteiger partial charge in [-0.3, -0.25) is 19.8 Å². The number of hydrogen-bond acceptors (Lipinski definition) is 4. The van der Waals surface area contributed by atoms with Crippen molar-refractivity contribution in [2.75, 3.05) is 13.1 Å². The van der Waals surface area contributed by atoms with Crippen molar-refractivity contribution in [2.24, 2.45) is 0 Å². The van der Waals surface area contributed by atoms with E-state index in [1.807, 2.05) is 11.8 Å². The quantitative estimate of drug-likeness (QED) is 0.421. The van der Waals surface area contributed by atoms with Crippen LogP contribution in [0.2, 0.25) is 0 Å². The largest absolute Gasteiger partial charge is 0.334 e. The summed E-state index contributed by atoms with van der Waals surface area (Å²) in [5.41, 5.74) is 2.29. The van der Waals surface area contributed by atoms with Crippen LogP contribution < -0.4 is 0 Å². The third-order valence-electron chi connectivity index (χ3n) is 5.55. The van der Waals surface area contributed by atoms with Crippen molar-refractivity contribution < 1.29 is 14.1 Å². The highest BCUT2D eigenvalue weighted by Gasteiger charge is 2.31. The zero-order valence-corrected chi connectivity index (χ0v) is 17.4. The molecule has 0 unspecified atom stereocenters. The van der Waals surface area contributed by atoms with Crippen molar-refractivity contribution >= 4 is 17.7 Å². The predicted molar refractivity (Wildman–Crippen MR) is 114 cm³/mol. The van der Waals surface area contributed by atoms with Gasteiger partial charge in [-0.2, -0.15) is 0 Å². The van der Waals surface area contributed by atoms with Crippen LogP contribution in [-0.4, -0.2) is 45.8 Å². The van der Waals surface area contributed by atoms with E-state index < -0.39 is 4.92 Å². The number of carbonyl (C=O) groups is 1. The summed E-state index contributed by atoms with van der Waals surface area (Å²) in [4.78, 5) is 27.6. The van der Waals surface area contributed by atoms with E-state index in [1.54, 1.807) is 37.3 Å². The van der Waals surface area contributed by atoms with E-state index in [1.165, 1.54) is 24.3 Å². The highest BCUT2D eigenvalue weighted by atomic mass is 19.1. The molecular weight excluding hydrogens is 385 g/mol. The maximum absolute atomic E-state index is 13.1. The summed E-state index contributed by atoms with van der Waals surface area (Å²) >= 11 is 0. The maximum atomic E-state index is 13.1. The molecule has 30 heavy (non-hydrogen) atoms. The second-order valence-electron chi connectivity index (χ2n) is 7.88. The molecule has 158 valence electrons. The van der Waals surface area contributed by atoms with Crippen LogP contribution in [0.4, 0.5) is 10.1 Å². The van der Waals surface area contributed by atoms with Gasteiger partial charge in [-0.1, -0.05) is 24.3 Å². The van der Waals surface area contributed by atoms with Gasteiger partial charge >= 0.3 is 0 Å². The molecule has 0 aromatic heterocycles. The third-order valence-corrected chi connectivity index (χ3v) is 5.55. The number of carbonyl (C=O) groups excluding carboxylic acids is 1. The molecule has 0 spiro atoms. The minimum atomic E-state index is -0.418. The van der Waals surface area contributed by atoms with Crippen LogP contribution >= 0.6 is 0 Å². The molecule has 6 nitrogen and oxygen atoms in total. The number of piperazine rings is 1. The molecule has 3 rings (SSSR count). The molecule has 0 radical (unpaired) electrons. The van der Waals surface area contributed by atoms with Crippen molar-refractivity contribution in [2.45, 2.75) is 39.4 Å². The Hall–Kier alpha value is -3.06. The fourth-order valence-electron chi connectivity index (χ4n) is 3.74. The molecule has 1 aliphatic heterocycles. The highest BCUT2D eigenvalue weighted by Crippen LogP contribution is 2.21. The Morgan fingerprint density at radius 2 is 1.87 bits per heavy atom. The van der Waals surface area contributed by atoms with Gasteiger partial charge in [0.1, 0.15) is 5.82 Å². The van der Waals surface area contributed by atoms with Crippen molar-refractivity contribution in [1.82, 2.24) is 9.80 Å². The lowest BCUT2D eigenvalue weighted by Gasteiger charge is -2.44. The molecule has 0 aliphatic carbocycles. The molecular formula is C23H26FN3O3. The summed E-state index contributed by atoms with van der Waals surface area (Å²) in [5, 5.41) is 11.1. The lowest BCUT2D eigenvalue weighted by molar-refractivity contribution is -0.385. The van der Waals surface area contributed by atoms with Gasteiger partial charge in [0, 0.05) is 49.4 Å². The van der Waals surface area contributed by atoms with E-state index in [0.717, 1.165) is 5.56 Å². The summed E-state index contributed by atoms with van der Waals surface area (Å²) < 4.78 is 13.1. The van der Waals surface area contributed by atoms with E-state index in [0.29, 0.717) is 30.8 Å². The Balaban J connectivity index is 1.65. The number of halogens is 1. The number of benzene rings is 2. The number of nitro benzene ring substituents is 1. The summed E-state index contributed by atoms with van der Waals surface area (Å²) in [7, 11) is 0. The molecule has 1 fully saturated rings. The molecule has 1 saturated heterocycles. The fourth-order valence-corrected chi connectivity index (χ4v) is 3.74. The molecule has 1 heterocycles. The average molecular weight is 411 g/mol. The first-order valence-corrected chi connectivity index (χ1v) is 9.97. The smallest absolute Gasteiger partial charge is 0.272 e. The van der Waals surface area contributed by atoms with E-state index in [9.17, 15) is 19.3 Å². The fraction of sp³-hybridized carbons (Fsp3) is 0.348. The molecule has 1 amide bonds. The second kappa shape index (κ2) is 9.17. The molecule has 7 heteroatoms. The summed E-state index contributed by atoms with van der Waals surface area (Å²) in [6, 6.07) is 11.6. The predicted octanol–water partition coefficient (Wildman–Crippen LogP) is 4.18. The normalized spacial score (nSPS) is 19.9. The minimum Gasteiger partial charge on any atom is -0.334 e. The van der Waals surface area contributed by atoms with Gasteiger partial charge in [-0.25, -0.2) is 4.39 Å². The lowest BCUT2D eigenvalue weighted by Crippen LogP contribution is -2.57. The van der Waals surface area contributed by atoms with E-state index >= 15 is 0 Å². The van der Waals surface area contributed by atoms with E-state index in [-0.39, 0.29) is 29.5 Å². The van der Waals surface area contributed by atoms with Crippen molar-refractivity contribution in [3.8, 4) is 0 Å². The van der Waals surface area contributed by atoms with Crippen LogP contribution in [0.1, 0.15) is 30.5 Å². The monoisotopic (exact) mass is 411 g/mol. The van der Waals surface area contributed by atoms with Crippen LogP contribution in [0, 0.1) is 22.9 Å². The molecule has 2 aromatic carbocycles. The van der Waals surface area contributed by atoms with Gasteiger partial charge < -0.3 is 4.90 Å². The minimum absolute atomic E-state index is 0.0196. The van der Waals surface area contributed by atoms with Crippen LogP contribution in [0.25, 0.3) is 6.08 Å². The lowest BCUT2D eigenvalue weighted by atomic mass is 10.1. The van der Waals surface area contributed by atoms with Crippen molar-refractivity contribution in [1.29, 1.82) is 0 Å². The van der Waals surface area contributed by atoms with Crippen molar-refractivity contribution in [3.63, 3.8) is 0 Å². The zero-order chi connectivity index (χ0) is 21.8. The number of hydrogen-bond donors (Lipinski definition) is 0. The van der Waals surface area contributed by atoms with Crippen LogP contribution in [0.5, 0.6) is 0 Å². The number of aryl methyl sites for hydroxylation is 1. The Morgan fingerprint density at radius 1 is 1.17 bits per heavy atom. The van der Waals surface area contributed by atoms with Gasteiger partial charge in [0.25, 0.3) is 5.69 Å². The number of rotatable bonds is 5. The van der Waals surface area contributed by atoms with Gasteiger partial charge in [-0.15, -0.1) is 0 Å². The molecule has 2 aromatic rings. The molecule has 0 bridgehead atoms. The topological polar surface area (TPSA) is 66.7 Å². The van der Waals surface area contributed by atoms with Crippen LogP contribution in [0.15, 0.2) is 48.5 Å². The van der Waals surface area contributed by atoms with Crippen LogP contribution in [-0.2, 0) is 11.3 Å². The number of nitro groups is 1. The van der Waals surface area contributed by atoms with Gasteiger partial charge in [0.15, 0.2) is 0 Å². The zero-order valence-electron chi connectivity index (χ0n) is 17.4. The van der Waals surface area contributed by atoms with Gasteiger partial charge in [0.05, 0.1) is 4.92 Å². The summed E-state index contributed by atoms with van der Waals surface area (Å²) in [6.07, 6.45) is 3.10. The molecule has 1 aliphatic rings. The number of nitrogens with zero attached hydrogens (tertiary/aromatic N) is 3. The Kier molecular flexibility index (Phi) is 6.62. The van der Waals surface area contributed by atoms with E-state index in [4.69, 9.17) is 0 Å². The first-order valence-electron chi connectivity index (χ1n) is 9.97. The molecule has 0 N–H and O–H groups in total. The van der Waals surface area contributed by atoms with Crippen molar-refractivity contribution in [3.05, 3.63) is 81.2 Å². The van der Waals surface area contributed by atoms with Crippen LogP contribution in [0.3, 0.4) is 0 Å². The Morgan fingerprint density at radius 3 is 2.53 bits per heavy atom. The van der Waals surface area contributed by atoms with E-state index in [2.05, 4.69) is 11.8 Å². The molecule has 2 atom stereocenters. The standard InChI is InChI=1S/C23H26FN3O3/c1-16-4-5-19(12-22(16)27(29)30)8-11-23(28)26-14-17(2)25(13-18(26)3)15-20-6-9-21(24)10-7-20/h4-12,17-18H,13-15H2,1-3H3/t17-,18+/m0/s1. The molecule has 0 saturated carbocycles. The SMILES string of the molecule is Cc1ccc(C=CC(=O)N2C[C@H](C)N(Cc3ccc(F)cc3)C[C@H]2C)cc1[N+](=O)[O-]. The first-order chi connectivity index (χ1) is 14.2. The highest BCUT2D eigenvalue weighted by molar-refractivity contribution is 5.92. The third kappa shape index (κ3) is 5.10. The number of amides is 1. The van der Waals surface area contributed by atoms with Gasteiger partial charge in [0.2, 0.25) is 5.91 Å². The summed E-state index contributed by atoms with van der Waals surface area (Å²) in [6.45, 7) is 7.77. The Bertz CT molecular complexity index is 959. The van der Waals surface area contributed by atoms with Gasteiger partial charge in [-0.05, 0) is 50.1 Å². The Labute approximate surface area is 175 Å².